The first kappa shape index (κ1) is 12.9. The first-order valence-electron chi connectivity index (χ1n) is 4.27. The molecule has 1 aromatic rings. The van der Waals surface area contributed by atoms with E-state index in [0.29, 0.717) is 0 Å². The Morgan fingerprint density at radius 3 is 2.50 bits per heavy atom. The lowest BCUT2D eigenvalue weighted by Gasteiger charge is -2.22. The van der Waals surface area contributed by atoms with Gasteiger partial charge in [-0.05, 0) is 25.4 Å². The van der Waals surface area contributed by atoms with Crippen molar-refractivity contribution in [3.63, 3.8) is 0 Å². The minimum atomic E-state index is -1.12. The van der Waals surface area contributed by atoms with Gasteiger partial charge in [0, 0.05) is 0 Å². The van der Waals surface area contributed by atoms with E-state index in [1.807, 2.05) is 0 Å². The summed E-state index contributed by atoms with van der Waals surface area (Å²) in [6.45, 7) is 3.05. The molecule has 1 N–H and O–H groups in total. The number of halogens is 1. The van der Waals surface area contributed by atoms with Crippen LogP contribution in [0, 0.1) is 0 Å². The summed E-state index contributed by atoms with van der Waals surface area (Å²) in [5.41, 5.74) is -1.12. The first-order chi connectivity index (χ1) is 7.36. The minimum absolute atomic E-state index is 0.0991. The van der Waals surface area contributed by atoms with Gasteiger partial charge in [-0.2, -0.15) is 0 Å². The van der Waals surface area contributed by atoms with Gasteiger partial charge in [-0.1, -0.05) is 11.3 Å². The number of carbonyl (C=O) groups is 2. The summed E-state index contributed by atoms with van der Waals surface area (Å²) in [4.78, 5) is 22.9. The lowest BCUT2D eigenvalue weighted by Crippen LogP contribution is -2.50. The summed E-state index contributed by atoms with van der Waals surface area (Å²) in [6, 6.07) is 0. The Hall–Kier alpha value is -1.21. The van der Waals surface area contributed by atoms with Crippen molar-refractivity contribution in [1.29, 1.82) is 0 Å². The van der Waals surface area contributed by atoms with Crippen LogP contribution in [-0.2, 0) is 9.53 Å². The molecular formula is C8H10ClN3O3S. The fourth-order valence-corrected chi connectivity index (χ4v) is 1.66. The number of nitrogens with one attached hydrogen (secondary N) is 1. The van der Waals surface area contributed by atoms with Crippen molar-refractivity contribution >= 4 is 34.8 Å². The third-order valence-electron chi connectivity index (χ3n) is 1.72. The third kappa shape index (κ3) is 2.89. The van der Waals surface area contributed by atoms with Crippen molar-refractivity contribution in [2.75, 3.05) is 7.11 Å². The fourth-order valence-electron chi connectivity index (χ4n) is 0.941. The van der Waals surface area contributed by atoms with Gasteiger partial charge in [-0.15, -0.1) is 10.2 Å². The third-order valence-corrected chi connectivity index (χ3v) is 2.73. The van der Waals surface area contributed by atoms with Gasteiger partial charge >= 0.3 is 5.97 Å². The monoisotopic (exact) mass is 263 g/mol. The summed E-state index contributed by atoms with van der Waals surface area (Å²) in [5, 5.41) is 9.62. The summed E-state index contributed by atoms with van der Waals surface area (Å²) in [6.07, 6.45) is 0. The molecule has 16 heavy (non-hydrogen) atoms. The highest BCUT2D eigenvalue weighted by molar-refractivity contribution is 7.17. The molecule has 0 saturated carbocycles. The van der Waals surface area contributed by atoms with Gasteiger partial charge in [0.2, 0.25) is 9.47 Å². The lowest BCUT2D eigenvalue weighted by molar-refractivity contribution is -0.146. The molecule has 0 aliphatic carbocycles. The molecule has 0 aromatic carbocycles. The molecule has 0 spiro atoms. The van der Waals surface area contributed by atoms with Crippen LogP contribution >= 0.6 is 22.9 Å². The van der Waals surface area contributed by atoms with Crippen LogP contribution in [0.5, 0.6) is 0 Å². The number of rotatable bonds is 3. The Morgan fingerprint density at radius 2 is 2.06 bits per heavy atom. The molecule has 8 heteroatoms. The number of aromatic nitrogens is 2. The highest BCUT2D eigenvalue weighted by Gasteiger charge is 2.31. The molecule has 0 unspecified atom stereocenters. The number of methoxy groups -OCH3 is 1. The van der Waals surface area contributed by atoms with Gasteiger partial charge in [0.05, 0.1) is 7.11 Å². The summed E-state index contributed by atoms with van der Waals surface area (Å²) in [7, 11) is 1.25. The van der Waals surface area contributed by atoms with Crippen LogP contribution in [0.25, 0.3) is 0 Å². The van der Waals surface area contributed by atoms with Crippen molar-refractivity contribution in [3.05, 3.63) is 9.47 Å². The van der Waals surface area contributed by atoms with Crippen LogP contribution in [0.15, 0.2) is 0 Å². The largest absolute Gasteiger partial charge is 0.467 e. The molecule has 6 nitrogen and oxygen atoms in total. The van der Waals surface area contributed by atoms with E-state index in [1.54, 1.807) is 0 Å². The first-order valence-corrected chi connectivity index (χ1v) is 5.46. The van der Waals surface area contributed by atoms with E-state index < -0.39 is 17.4 Å². The smallest absolute Gasteiger partial charge is 0.330 e. The fraction of sp³-hybridized carbons (Fsp3) is 0.500. The average Bonchev–Trinajstić information content (AvgIpc) is 2.63. The van der Waals surface area contributed by atoms with Crippen molar-refractivity contribution in [3.8, 4) is 0 Å². The van der Waals surface area contributed by atoms with Crippen LogP contribution in [0.1, 0.15) is 23.6 Å². The molecule has 1 heterocycles. The van der Waals surface area contributed by atoms with E-state index in [1.165, 1.54) is 21.0 Å². The molecule has 0 radical (unpaired) electrons. The molecule has 0 aliphatic heterocycles. The number of hydrogen-bond donors (Lipinski definition) is 1. The molecule has 1 rings (SSSR count). The zero-order valence-electron chi connectivity index (χ0n) is 8.91. The Balaban J connectivity index is 2.75. The summed E-state index contributed by atoms with van der Waals surface area (Å²) in [5.74, 6) is -1.06. The zero-order valence-corrected chi connectivity index (χ0v) is 10.5. The zero-order chi connectivity index (χ0) is 12.3. The predicted molar refractivity (Wildman–Crippen MR) is 58.5 cm³/mol. The van der Waals surface area contributed by atoms with Crippen LogP contribution in [-0.4, -0.2) is 34.7 Å². The summed E-state index contributed by atoms with van der Waals surface area (Å²) < 4.78 is 4.71. The van der Waals surface area contributed by atoms with E-state index >= 15 is 0 Å². The maximum absolute atomic E-state index is 11.6. The van der Waals surface area contributed by atoms with Crippen LogP contribution in [0.2, 0.25) is 4.47 Å². The summed E-state index contributed by atoms with van der Waals surface area (Å²) >= 11 is 6.47. The predicted octanol–water partition coefficient (Wildman–Crippen LogP) is 0.873. The molecular weight excluding hydrogens is 254 g/mol. The number of carbonyl (C=O) groups excluding carboxylic acids is 2. The van der Waals surface area contributed by atoms with Crippen molar-refractivity contribution in [2.45, 2.75) is 19.4 Å². The second-order valence-corrected chi connectivity index (χ2v) is 4.99. The number of ether oxygens (including phenoxy) is 1. The Morgan fingerprint density at radius 1 is 1.44 bits per heavy atom. The van der Waals surface area contributed by atoms with Crippen LogP contribution in [0.4, 0.5) is 0 Å². The van der Waals surface area contributed by atoms with Crippen LogP contribution in [0.3, 0.4) is 0 Å². The van der Waals surface area contributed by atoms with E-state index in [4.69, 9.17) is 11.6 Å². The van der Waals surface area contributed by atoms with Crippen molar-refractivity contribution in [1.82, 2.24) is 15.5 Å². The van der Waals surface area contributed by atoms with E-state index in [2.05, 4.69) is 20.3 Å². The topological polar surface area (TPSA) is 81.2 Å². The van der Waals surface area contributed by atoms with E-state index in [0.717, 1.165) is 11.3 Å². The maximum atomic E-state index is 11.6. The Bertz CT molecular complexity index is 418. The molecule has 0 fully saturated rings. The van der Waals surface area contributed by atoms with Gasteiger partial charge in [0.25, 0.3) is 5.91 Å². The van der Waals surface area contributed by atoms with Crippen molar-refractivity contribution < 1.29 is 14.3 Å². The average molecular weight is 264 g/mol. The molecule has 88 valence electrons. The number of esters is 1. The van der Waals surface area contributed by atoms with Crippen molar-refractivity contribution in [2.24, 2.45) is 0 Å². The molecule has 0 saturated heterocycles. The number of amides is 1. The van der Waals surface area contributed by atoms with Gasteiger partial charge in [-0.3, -0.25) is 4.79 Å². The van der Waals surface area contributed by atoms with Gasteiger partial charge in [0.15, 0.2) is 0 Å². The Labute approximate surface area is 101 Å². The number of hydrogen-bond acceptors (Lipinski definition) is 6. The number of nitrogens with zero attached hydrogens (tertiary/aromatic N) is 2. The maximum Gasteiger partial charge on any atom is 0.330 e. The molecule has 1 aromatic heterocycles. The quantitative estimate of drug-likeness (QED) is 0.819. The van der Waals surface area contributed by atoms with Gasteiger partial charge in [0.1, 0.15) is 5.54 Å². The molecule has 0 atom stereocenters. The standard InChI is InChI=1S/C8H10ClN3O3S/c1-8(2,6(14)15-3)10-4(13)5-11-12-7(9)16-5/h1-3H3,(H,10,13). The highest BCUT2D eigenvalue weighted by Crippen LogP contribution is 2.15. The second-order valence-electron chi connectivity index (χ2n) is 3.43. The van der Waals surface area contributed by atoms with Crippen LogP contribution < -0.4 is 5.32 Å². The lowest BCUT2D eigenvalue weighted by atomic mass is 10.1. The van der Waals surface area contributed by atoms with Gasteiger partial charge < -0.3 is 10.1 Å². The molecule has 0 bridgehead atoms. The second kappa shape index (κ2) is 4.75. The molecule has 0 aliphatic rings. The minimum Gasteiger partial charge on any atom is -0.467 e. The van der Waals surface area contributed by atoms with E-state index in [-0.39, 0.29) is 9.47 Å². The highest BCUT2D eigenvalue weighted by atomic mass is 35.5. The van der Waals surface area contributed by atoms with E-state index in [9.17, 15) is 9.59 Å². The van der Waals surface area contributed by atoms with Gasteiger partial charge in [-0.25, -0.2) is 4.79 Å². The normalized spacial score (nSPS) is 11.0. The molecule has 1 amide bonds. The SMILES string of the molecule is COC(=O)C(C)(C)NC(=O)c1nnc(Cl)s1. The Kier molecular flexibility index (Phi) is 3.82.